The average Bonchev–Trinajstić information content (AvgIpc) is 3.19. The van der Waals surface area contributed by atoms with Gasteiger partial charge in [0, 0.05) is 22.8 Å². The molecule has 1 aromatic heterocycles. The number of rotatable bonds is 5. The van der Waals surface area contributed by atoms with Crippen LogP contribution < -0.4 is 5.32 Å². The Labute approximate surface area is 147 Å². The van der Waals surface area contributed by atoms with Crippen molar-refractivity contribution in [3.8, 4) is 0 Å². The number of pyridine rings is 1. The van der Waals surface area contributed by atoms with E-state index in [4.69, 9.17) is 0 Å². The minimum atomic E-state index is -0.724. The number of aliphatic hydroxyl groups is 1. The molecule has 2 saturated heterocycles. The molecule has 2 fully saturated rings. The van der Waals surface area contributed by atoms with Crippen LogP contribution in [0.5, 0.6) is 0 Å². The third kappa shape index (κ3) is 3.12. The van der Waals surface area contributed by atoms with E-state index in [0.29, 0.717) is 5.56 Å². The quantitative estimate of drug-likeness (QED) is 0.866. The maximum absolute atomic E-state index is 13.5. The monoisotopic (exact) mass is 338 g/mol. The Bertz CT molecular complexity index is 766. The molecule has 2 bridgehead atoms. The van der Waals surface area contributed by atoms with E-state index in [0.717, 1.165) is 32.1 Å². The number of fused-ring (bicyclic) bond motifs is 2. The highest BCUT2D eigenvalue weighted by atomic mass is 19.1. The molecule has 1 atom stereocenters. The molecule has 0 radical (unpaired) electrons. The van der Waals surface area contributed by atoms with Crippen LogP contribution >= 0.6 is 0 Å². The van der Waals surface area contributed by atoms with Gasteiger partial charge in [-0.2, -0.15) is 0 Å². The van der Waals surface area contributed by atoms with Crippen molar-refractivity contribution in [3.63, 3.8) is 0 Å². The van der Waals surface area contributed by atoms with Crippen LogP contribution in [0.2, 0.25) is 0 Å². The topological polar surface area (TPSA) is 45.2 Å². The van der Waals surface area contributed by atoms with Gasteiger partial charge in [0.15, 0.2) is 0 Å². The Balaban J connectivity index is 1.46. The molecule has 130 valence electrons. The Morgan fingerprint density at radius 2 is 1.92 bits per heavy atom. The predicted molar refractivity (Wildman–Crippen MR) is 96.3 cm³/mol. The molecule has 2 N–H and O–H groups in total. The summed E-state index contributed by atoms with van der Waals surface area (Å²) in [6.07, 6.45) is 11.2. The predicted octanol–water partition coefficient (Wildman–Crippen LogP) is 4.01. The lowest BCUT2D eigenvalue weighted by molar-refractivity contribution is 0.0731. The molecule has 0 spiro atoms. The highest BCUT2D eigenvalue weighted by Crippen LogP contribution is 2.51. The summed E-state index contributed by atoms with van der Waals surface area (Å²) in [4.78, 5) is 3.88. The molecular weight excluding hydrogens is 315 g/mol. The van der Waals surface area contributed by atoms with E-state index in [1.54, 1.807) is 6.20 Å². The summed E-state index contributed by atoms with van der Waals surface area (Å²) in [6, 6.07) is 11.7. The third-order valence-electron chi connectivity index (χ3n) is 5.80. The number of hydrogen-bond acceptors (Lipinski definition) is 3. The standard InChI is InChI=1S/C21H23FN2O/c22-18-13-17(14-23-15-18)19(25)21-11-9-20(24-21,10-12-21)8-4-7-16-5-2-1-3-6-16/h1-7,13-15,19,24-25H,8-12H2. The highest BCUT2D eigenvalue weighted by Gasteiger charge is 2.56. The lowest BCUT2D eigenvalue weighted by Crippen LogP contribution is -2.46. The van der Waals surface area contributed by atoms with Crippen LogP contribution in [0.3, 0.4) is 0 Å². The van der Waals surface area contributed by atoms with Gasteiger partial charge in [-0.25, -0.2) is 4.39 Å². The van der Waals surface area contributed by atoms with Crippen LogP contribution in [0.4, 0.5) is 4.39 Å². The molecule has 3 nitrogen and oxygen atoms in total. The fourth-order valence-corrected chi connectivity index (χ4v) is 4.43. The van der Waals surface area contributed by atoms with Crippen molar-refractivity contribution in [2.75, 3.05) is 0 Å². The zero-order chi connectivity index (χ0) is 17.3. The molecule has 0 amide bonds. The molecule has 1 unspecified atom stereocenters. The second kappa shape index (κ2) is 6.36. The van der Waals surface area contributed by atoms with Crippen molar-refractivity contribution in [1.29, 1.82) is 0 Å². The first-order valence-electron chi connectivity index (χ1n) is 8.90. The van der Waals surface area contributed by atoms with Gasteiger partial charge < -0.3 is 10.4 Å². The summed E-state index contributed by atoms with van der Waals surface area (Å²) in [7, 11) is 0. The lowest BCUT2D eigenvalue weighted by atomic mass is 9.77. The summed E-state index contributed by atoms with van der Waals surface area (Å²) in [5, 5.41) is 14.6. The van der Waals surface area contributed by atoms with E-state index in [1.165, 1.54) is 17.8 Å². The normalized spacial score (nSPS) is 29.4. The van der Waals surface area contributed by atoms with Gasteiger partial charge >= 0.3 is 0 Å². The number of aromatic nitrogens is 1. The number of benzene rings is 1. The Morgan fingerprint density at radius 3 is 2.64 bits per heavy atom. The van der Waals surface area contributed by atoms with Crippen molar-refractivity contribution >= 4 is 6.08 Å². The highest BCUT2D eigenvalue weighted by molar-refractivity contribution is 5.49. The molecule has 4 heteroatoms. The molecule has 4 rings (SSSR count). The van der Waals surface area contributed by atoms with Crippen LogP contribution in [-0.4, -0.2) is 21.2 Å². The third-order valence-corrected chi connectivity index (χ3v) is 5.80. The largest absolute Gasteiger partial charge is 0.386 e. The van der Waals surface area contributed by atoms with Crippen LogP contribution in [0.25, 0.3) is 6.08 Å². The number of hydrogen-bond donors (Lipinski definition) is 2. The maximum atomic E-state index is 13.5. The first-order chi connectivity index (χ1) is 12.1. The van der Waals surface area contributed by atoms with Gasteiger partial charge in [0.1, 0.15) is 5.82 Å². The second-order valence-corrected chi connectivity index (χ2v) is 7.42. The molecule has 2 aliphatic heterocycles. The molecule has 0 aliphatic carbocycles. The van der Waals surface area contributed by atoms with Crippen molar-refractivity contribution in [2.24, 2.45) is 0 Å². The first-order valence-corrected chi connectivity index (χ1v) is 8.90. The van der Waals surface area contributed by atoms with Crippen LogP contribution in [0.15, 0.2) is 54.9 Å². The van der Waals surface area contributed by atoms with Gasteiger partial charge in [-0.1, -0.05) is 42.5 Å². The smallest absolute Gasteiger partial charge is 0.141 e. The van der Waals surface area contributed by atoms with Gasteiger partial charge in [-0.15, -0.1) is 0 Å². The van der Waals surface area contributed by atoms with Gasteiger partial charge in [-0.3, -0.25) is 4.98 Å². The Hall–Kier alpha value is -2.04. The summed E-state index contributed by atoms with van der Waals surface area (Å²) in [6.45, 7) is 0. The molecule has 3 heterocycles. The summed E-state index contributed by atoms with van der Waals surface area (Å²) >= 11 is 0. The van der Waals surface area contributed by atoms with Crippen molar-refractivity contribution in [2.45, 2.75) is 49.3 Å². The van der Waals surface area contributed by atoms with Gasteiger partial charge in [-0.05, 0) is 43.7 Å². The summed E-state index contributed by atoms with van der Waals surface area (Å²) in [5.41, 5.74) is 1.46. The van der Waals surface area contributed by atoms with E-state index in [2.05, 4.69) is 34.6 Å². The SMILES string of the molecule is OC(c1cncc(F)c1)C12CCC(CC=Cc3ccccc3)(CC1)N2. The number of halogens is 1. The van der Waals surface area contributed by atoms with Crippen LogP contribution in [0.1, 0.15) is 49.3 Å². The van der Waals surface area contributed by atoms with Crippen LogP contribution in [0, 0.1) is 5.82 Å². The van der Waals surface area contributed by atoms with E-state index in [9.17, 15) is 9.50 Å². The summed E-state index contributed by atoms with van der Waals surface area (Å²) < 4.78 is 13.5. The van der Waals surface area contributed by atoms with Crippen molar-refractivity contribution in [1.82, 2.24) is 10.3 Å². The zero-order valence-electron chi connectivity index (χ0n) is 14.2. The lowest BCUT2D eigenvalue weighted by Gasteiger charge is -2.32. The number of nitrogens with zero attached hydrogens (tertiary/aromatic N) is 1. The average molecular weight is 338 g/mol. The summed E-state index contributed by atoms with van der Waals surface area (Å²) in [5.74, 6) is -0.402. The van der Waals surface area contributed by atoms with Gasteiger partial charge in [0.2, 0.25) is 0 Å². The molecule has 1 aromatic carbocycles. The number of nitrogens with one attached hydrogen (secondary N) is 1. The fourth-order valence-electron chi connectivity index (χ4n) is 4.43. The van der Waals surface area contributed by atoms with Gasteiger partial charge in [0.25, 0.3) is 0 Å². The Kier molecular flexibility index (Phi) is 4.18. The molecule has 25 heavy (non-hydrogen) atoms. The maximum Gasteiger partial charge on any atom is 0.141 e. The van der Waals surface area contributed by atoms with Crippen LogP contribution in [-0.2, 0) is 0 Å². The van der Waals surface area contributed by atoms with Gasteiger partial charge in [0.05, 0.1) is 12.3 Å². The van der Waals surface area contributed by atoms with Crippen molar-refractivity contribution in [3.05, 3.63) is 71.8 Å². The molecule has 2 aromatic rings. The zero-order valence-corrected chi connectivity index (χ0v) is 14.2. The number of aliphatic hydroxyl groups excluding tert-OH is 1. The molecular formula is C21H23FN2O. The minimum absolute atomic E-state index is 0.0486. The van der Waals surface area contributed by atoms with E-state index < -0.39 is 11.9 Å². The first kappa shape index (κ1) is 16.4. The van der Waals surface area contributed by atoms with E-state index in [1.807, 2.05) is 18.2 Å². The fraction of sp³-hybridized carbons (Fsp3) is 0.381. The Morgan fingerprint density at radius 1 is 1.16 bits per heavy atom. The van der Waals surface area contributed by atoms with E-state index in [-0.39, 0.29) is 11.1 Å². The molecule has 2 aliphatic rings. The minimum Gasteiger partial charge on any atom is -0.386 e. The van der Waals surface area contributed by atoms with E-state index >= 15 is 0 Å². The van der Waals surface area contributed by atoms with Crippen molar-refractivity contribution < 1.29 is 9.50 Å². The molecule has 0 saturated carbocycles. The second-order valence-electron chi connectivity index (χ2n) is 7.42.